The van der Waals surface area contributed by atoms with E-state index in [4.69, 9.17) is 0 Å². The minimum Gasteiger partial charge on any atom is -0.481 e. The molecule has 1 N–H and O–H groups in total. The first-order chi connectivity index (χ1) is 12.0. The second-order valence-corrected chi connectivity index (χ2v) is 7.62. The molecule has 0 aromatic heterocycles. The van der Waals surface area contributed by atoms with Gasteiger partial charge in [0.05, 0.1) is 5.92 Å². The Morgan fingerprint density at radius 2 is 1.60 bits per heavy atom. The second-order valence-electron chi connectivity index (χ2n) is 7.62. The number of rotatable bonds is 13. The van der Waals surface area contributed by atoms with Gasteiger partial charge in [0.2, 0.25) is 0 Å². The lowest BCUT2D eigenvalue weighted by Gasteiger charge is -2.30. The normalized spacial score (nSPS) is 14.9. The van der Waals surface area contributed by atoms with E-state index in [9.17, 15) is 9.90 Å². The number of hydrogen-bond acceptors (Lipinski definition) is 1. The minimum absolute atomic E-state index is 0.129. The summed E-state index contributed by atoms with van der Waals surface area (Å²) < 4.78 is 0. The first-order valence-corrected chi connectivity index (χ1v) is 10.3. The van der Waals surface area contributed by atoms with Crippen LogP contribution in [0.25, 0.3) is 0 Å². The van der Waals surface area contributed by atoms with Crippen LogP contribution in [0.1, 0.15) is 95.6 Å². The van der Waals surface area contributed by atoms with E-state index in [0.29, 0.717) is 0 Å². The maximum atomic E-state index is 12.0. The highest BCUT2D eigenvalue weighted by atomic mass is 16.4. The predicted molar refractivity (Wildman–Crippen MR) is 107 cm³/mol. The molecular formula is C23H38O2. The van der Waals surface area contributed by atoms with Gasteiger partial charge < -0.3 is 5.11 Å². The van der Waals surface area contributed by atoms with Crippen molar-refractivity contribution in [3.8, 4) is 0 Å². The number of aryl methyl sites for hydroxylation is 1. The summed E-state index contributed by atoms with van der Waals surface area (Å²) in [6.07, 6.45) is 10.8. The standard InChI is InChI=1S/C23H38O2/c1-5-7-8-9-10-11-12-17-21(20-16-14-13-15-19(20)4)22(23(24)25)18(3)6-2/h13-16,18,21-22H,5-12,17H2,1-4H3,(H,24,25)/t18?,21-,22+/m0/s1. The average molecular weight is 347 g/mol. The third-order valence-electron chi connectivity index (χ3n) is 5.68. The molecule has 0 amide bonds. The molecule has 0 spiro atoms. The number of unbranched alkanes of at least 4 members (excludes halogenated alkanes) is 6. The summed E-state index contributed by atoms with van der Waals surface area (Å²) >= 11 is 0. The van der Waals surface area contributed by atoms with Crippen LogP contribution >= 0.6 is 0 Å². The molecular weight excluding hydrogens is 308 g/mol. The smallest absolute Gasteiger partial charge is 0.307 e. The summed E-state index contributed by atoms with van der Waals surface area (Å²) in [6, 6.07) is 8.35. The lowest BCUT2D eigenvalue weighted by molar-refractivity contribution is -0.144. The number of carboxylic acids is 1. The van der Waals surface area contributed by atoms with Gasteiger partial charge in [-0.2, -0.15) is 0 Å². The highest BCUT2D eigenvalue weighted by molar-refractivity contribution is 5.72. The van der Waals surface area contributed by atoms with Crippen LogP contribution in [-0.2, 0) is 4.79 Å². The van der Waals surface area contributed by atoms with Gasteiger partial charge in [-0.15, -0.1) is 0 Å². The molecule has 142 valence electrons. The summed E-state index contributed by atoms with van der Waals surface area (Å²) in [7, 11) is 0. The van der Waals surface area contributed by atoms with E-state index < -0.39 is 5.97 Å². The Morgan fingerprint density at radius 1 is 1.00 bits per heavy atom. The van der Waals surface area contributed by atoms with Crippen LogP contribution in [0.15, 0.2) is 24.3 Å². The van der Waals surface area contributed by atoms with Gasteiger partial charge in [0.15, 0.2) is 0 Å². The molecule has 0 radical (unpaired) electrons. The quantitative estimate of drug-likeness (QED) is 0.392. The van der Waals surface area contributed by atoms with Crippen molar-refractivity contribution in [2.75, 3.05) is 0 Å². The topological polar surface area (TPSA) is 37.3 Å². The lowest BCUT2D eigenvalue weighted by atomic mass is 9.74. The fourth-order valence-electron chi connectivity index (χ4n) is 3.92. The lowest BCUT2D eigenvalue weighted by Crippen LogP contribution is -2.28. The van der Waals surface area contributed by atoms with E-state index >= 15 is 0 Å². The van der Waals surface area contributed by atoms with Crippen molar-refractivity contribution >= 4 is 5.97 Å². The summed E-state index contributed by atoms with van der Waals surface area (Å²) in [4.78, 5) is 12.0. The molecule has 1 aromatic rings. The molecule has 0 fully saturated rings. The first-order valence-electron chi connectivity index (χ1n) is 10.3. The van der Waals surface area contributed by atoms with Crippen LogP contribution in [-0.4, -0.2) is 11.1 Å². The fourth-order valence-corrected chi connectivity index (χ4v) is 3.92. The molecule has 0 aliphatic heterocycles. The third-order valence-corrected chi connectivity index (χ3v) is 5.68. The predicted octanol–water partition coefficient (Wildman–Crippen LogP) is 6.97. The molecule has 3 atom stereocenters. The van der Waals surface area contributed by atoms with Gasteiger partial charge in [-0.05, 0) is 36.3 Å². The van der Waals surface area contributed by atoms with Gasteiger partial charge in [-0.1, -0.05) is 96.4 Å². The Kier molecular flexibility index (Phi) is 10.5. The highest BCUT2D eigenvalue weighted by Gasteiger charge is 2.33. The Balaban J connectivity index is 2.78. The number of aliphatic carboxylic acids is 1. The van der Waals surface area contributed by atoms with Gasteiger partial charge in [0.1, 0.15) is 0 Å². The maximum absolute atomic E-state index is 12.0. The van der Waals surface area contributed by atoms with Gasteiger partial charge in [0, 0.05) is 0 Å². The Hall–Kier alpha value is -1.31. The molecule has 0 bridgehead atoms. The van der Waals surface area contributed by atoms with E-state index in [-0.39, 0.29) is 17.8 Å². The van der Waals surface area contributed by atoms with Gasteiger partial charge in [0.25, 0.3) is 0 Å². The van der Waals surface area contributed by atoms with Crippen molar-refractivity contribution in [1.29, 1.82) is 0 Å². The Morgan fingerprint density at radius 3 is 2.16 bits per heavy atom. The summed E-state index contributed by atoms with van der Waals surface area (Å²) in [5.41, 5.74) is 2.46. The summed E-state index contributed by atoms with van der Waals surface area (Å²) in [5, 5.41) is 9.90. The molecule has 0 aliphatic carbocycles. The number of benzene rings is 1. The van der Waals surface area contributed by atoms with Crippen LogP contribution in [0, 0.1) is 18.8 Å². The number of carbonyl (C=O) groups is 1. The van der Waals surface area contributed by atoms with Crippen molar-refractivity contribution in [3.05, 3.63) is 35.4 Å². The van der Waals surface area contributed by atoms with E-state index in [0.717, 1.165) is 19.3 Å². The SMILES string of the molecule is CCCCCCCCC[C@@H](c1ccccc1C)[C@H](C(=O)O)C(C)CC. The van der Waals surface area contributed by atoms with Crippen LogP contribution in [0.5, 0.6) is 0 Å². The van der Waals surface area contributed by atoms with Crippen molar-refractivity contribution in [3.63, 3.8) is 0 Å². The Labute approximate surface area is 155 Å². The minimum atomic E-state index is -0.634. The first kappa shape index (κ1) is 21.7. The number of carboxylic acid groups (broad SMARTS) is 1. The largest absolute Gasteiger partial charge is 0.481 e. The zero-order valence-corrected chi connectivity index (χ0v) is 16.8. The third kappa shape index (κ3) is 7.22. The monoisotopic (exact) mass is 346 g/mol. The number of hydrogen-bond donors (Lipinski definition) is 1. The van der Waals surface area contributed by atoms with E-state index in [1.165, 1.54) is 49.7 Å². The van der Waals surface area contributed by atoms with Gasteiger partial charge in [-0.25, -0.2) is 0 Å². The average Bonchev–Trinajstić information content (AvgIpc) is 2.59. The molecule has 0 heterocycles. The van der Waals surface area contributed by atoms with E-state index in [2.05, 4.69) is 45.9 Å². The zero-order chi connectivity index (χ0) is 18.7. The van der Waals surface area contributed by atoms with Crippen molar-refractivity contribution in [2.45, 2.75) is 91.4 Å². The molecule has 1 aromatic carbocycles. The summed E-state index contributed by atoms with van der Waals surface area (Å²) in [6.45, 7) is 8.55. The van der Waals surface area contributed by atoms with Crippen LogP contribution in [0.4, 0.5) is 0 Å². The molecule has 1 unspecified atom stereocenters. The van der Waals surface area contributed by atoms with Crippen LogP contribution < -0.4 is 0 Å². The second kappa shape index (κ2) is 12.1. The molecule has 0 saturated carbocycles. The molecule has 0 aliphatic rings. The van der Waals surface area contributed by atoms with Gasteiger partial charge in [-0.3, -0.25) is 4.79 Å². The molecule has 1 rings (SSSR count). The van der Waals surface area contributed by atoms with Crippen LogP contribution in [0.2, 0.25) is 0 Å². The highest BCUT2D eigenvalue weighted by Crippen LogP contribution is 2.37. The molecule has 25 heavy (non-hydrogen) atoms. The van der Waals surface area contributed by atoms with E-state index in [1.807, 2.05) is 6.07 Å². The zero-order valence-electron chi connectivity index (χ0n) is 16.8. The van der Waals surface area contributed by atoms with Crippen molar-refractivity contribution in [1.82, 2.24) is 0 Å². The van der Waals surface area contributed by atoms with Crippen molar-refractivity contribution < 1.29 is 9.90 Å². The maximum Gasteiger partial charge on any atom is 0.307 e. The van der Waals surface area contributed by atoms with Crippen LogP contribution in [0.3, 0.4) is 0 Å². The van der Waals surface area contributed by atoms with Crippen molar-refractivity contribution in [2.24, 2.45) is 11.8 Å². The molecule has 2 heteroatoms. The molecule has 2 nitrogen and oxygen atoms in total. The molecule has 0 saturated heterocycles. The summed E-state index contributed by atoms with van der Waals surface area (Å²) in [5.74, 6) is -0.590. The van der Waals surface area contributed by atoms with E-state index in [1.54, 1.807) is 0 Å². The fraction of sp³-hybridized carbons (Fsp3) is 0.696. The Bertz CT molecular complexity index is 495. The van der Waals surface area contributed by atoms with Gasteiger partial charge >= 0.3 is 5.97 Å².